The number of morpholine rings is 1. The summed E-state index contributed by atoms with van der Waals surface area (Å²) in [5.74, 6) is 2.31. The van der Waals surface area contributed by atoms with Crippen LogP contribution in [0.3, 0.4) is 0 Å². The maximum Gasteiger partial charge on any atom is 0.191 e. The first-order valence-corrected chi connectivity index (χ1v) is 11.1. The predicted molar refractivity (Wildman–Crippen MR) is 142 cm³/mol. The summed E-state index contributed by atoms with van der Waals surface area (Å²) >= 11 is 0. The van der Waals surface area contributed by atoms with Gasteiger partial charge >= 0.3 is 0 Å². The summed E-state index contributed by atoms with van der Waals surface area (Å²) in [7, 11) is 7.50. The maximum atomic E-state index is 5.58. The highest BCUT2D eigenvalue weighted by Crippen LogP contribution is 2.32. The van der Waals surface area contributed by atoms with Gasteiger partial charge in [0.15, 0.2) is 17.5 Å². The highest BCUT2D eigenvalue weighted by molar-refractivity contribution is 14.0. The van der Waals surface area contributed by atoms with Crippen molar-refractivity contribution < 1.29 is 14.2 Å². The Morgan fingerprint density at radius 2 is 1.81 bits per heavy atom. The second-order valence-corrected chi connectivity index (χ2v) is 8.56. The van der Waals surface area contributed by atoms with Crippen LogP contribution in [0.2, 0.25) is 0 Å². The number of nitrogens with one attached hydrogen (secondary N) is 2. The lowest BCUT2D eigenvalue weighted by atomic mass is 10.0. The average Bonchev–Trinajstić information content (AvgIpc) is 2.77. The van der Waals surface area contributed by atoms with E-state index < -0.39 is 0 Å². The van der Waals surface area contributed by atoms with Gasteiger partial charge in [-0.1, -0.05) is 6.07 Å². The normalized spacial score (nSPS) is 16.3. The Labute approximate surface area is 211 Å². The van der Waals surface area contributed by atoms with Crippen molar-refractivity contribution in [2.75, 3.05) is 74.3 Å². The molecule has 1 heterocycles. The van der Waals surface area contributed by atoms with Crippen LogP contribution in [-0.2, 0) is 4.74 Å². The third-order valence-corrected chi connectivity index (χ3v) is 5.92. The van der Waals surface area contributed by atoms with Gasteiger partial charge < -0.3 is 29.7 Å². The minimum atomic E-state index is -0.0185. The molecule has 0 bridgehead atoms. The van der Waals surface area contributed by atoms with E-state index in [4.69, 9.17) is 19.2 Å². The number of guanidine groups is 1. The Balaban J connectivity index is 0.00000512. The Kier molecular flexibility index (Phi) is 12.6. The first-order valence-electron chi connectivity index (χ1n) is 11.1. The zero-order chi connectivity index (χ0) is 22.9. The SMILES string of the molecule is CCNC(=NCC(C)(C)N(C)C)NCC(c1ccc(OC)c(OC)c1)N1CCOCC1.I. The molecule has 2 N–H and O–H groups in total. The zero-order valence-electron chi connectivity index (χ0n) is 20.7. The molecule has 0 radical (unpaired) electrons. The van der Waals surface area contributed by atoms with E-state index >= 15 is 0 Å². The standard InChI is InChI=1S/C23H41N5O3.HI/c1-8-24-22(26-17-23(2,3)27(4)5)25-16-19(28-11-13-31-14-12-28)18-9-10-20(29-6)21(15-18)30-7;/h9-10,15,19H,8,11-14,16-17H2,1-7H3,(H2,24,25,26);1H. The van der Waals surface area contributed by atoms with Gasteiger partial charge in [-0.3, -0.25) is 9.89 Å². The van der Waals surface area contributed by atoms with Gasteiger partial charge in [-0.05, 0) is 52.6 Å². The van der Waals surface area contributed by atoms with E-state index in [1.807, 2.05) is 6.07 Å². The van der Waals surface area contributed by atoms with Gasteiger partial charge in [0.05, 0.1) is 40.0 Å². The quantitative estimate of drug-likeness (QED) is 0.258. The van der Waals surface area contributed by atoms with E-state index in [-0.39, 0.29) is 35.6 Å². The highest BCUT2D eigenvalue weighted by Gasteiger charge is 2.25. The van der Waals surface area contributed by atoms with Crippen LogP contribution in [0.15, 0.2) is 23.2 Å². The van der Waals surface area contributed by atoms with Gasteiger partial charge in [-0.2, -0.15) is 0 Å². The van der Waals surface area contributed by atoms with Gasteiger partial charge in [0.1, 0.15) is 0 Å². The van der Waals surface area contributed by atoms with Crippen molar-refractivity contribution in [3.05, 3.63) is 23.8 Å². The molecule has 32 heavy (non-hydrogen) atoms. The number of likely N-dealkylation sites (N-methyl/N-ethyl adjacent to an activating group) is 1. The number of aliphatic imine (C=N–C) groups is 1. The Hall–Kier alpha value is -1.30. The minimum absolute atomic E-state index is 0. The van der Waals surface area contributed by atoms with E-state index in [1.54, 1.807) is 14.2 Å². The van der Waals surface area contributed by atoms with Gasteiger partial charge in [-0.15, -0.1) is 24.0 Å². The van der Waals surface area contributed by atoms with Crippen molar-refractivity contribution >= 4 is 29.9 Å². The van der Waals surface area contributed by atoms with Crippen molar-refractivity contribution in [1.29, 1.82) is 0 Å². The lowest BCUT2D eigenvalue weighted by molar-refractivity contribution is 0.0169. The number of methoxy groups -OCH3 is 2. The summed E-state index contributed by atoms with van der Waals surface area (Å²) in [5, 5.41) is 6.94. The largest absolute Gasteiger partial charge is 0.493 e. The molecule has 0 saturated carbocycles. The van der Waals surface area contributed by atoms with Crippen molar-refractivity contribution in [3.63, 3.8) is 0 Å². The number of ether oxygens (including phenoxy) is 3. The highest BCUT2D eigenvalue weighted by atomic mass is 127. The van der Waals surface area contributed by atoms with Crippen LogP contribution in [-0.4, -0.2) is 95.6 Å². The van der Waals surface area contributed by atoms with Crippen LogP contribution >= 0.6 is 24.0 Å². The Bertz CT molecular complexity index is 709. The molecular weight excluding hydrogens is 521 g/mol. The molecule has 8 nitrogen and oxygen atoms in total. The van der Waals surface area contributed by atoms with Crippen molar-refractivity contribution in [2.24, 2.45) is 4.99 Å². The molecule has 1 atom stereocenters. The van der Waals surface area contributed by atoms with Crippen LogP contribution in [0.5, 0.6) is 11.5 Å². The minimum Gasteiger partial charge on any atom is -0.493 e. The van der Waals surface area contributed by atoms with Crippen LogP contribution < -0.4 is 20.1 Å². The molecule has 0 spiro atoms. The van der Waals surface area contributed by atoms with Crippen molar-refractivity contribution in [2.45, 2.75) is 32.4 Å². The number of nitrogens with zero attached hydrogens (tertiary/aromatic N) is 3. The van der Waals surface area contributed by atoms with Crippen LogP contribution in [0.4, 0.5) is 0 Å². The fourth-order valence-corrected chi connectivity index (χ4v) is 3.36. The number of hydrogen-bond acceptors (Lipinski definition) is 6. The zero-order valence-corrected chi connectivity index (χ0v) is 23.1. The fraction of sp³-hybridized carbons (Fsp3) is 0.696. The summed E-state index contributed by atoms with van der Waals surface area (Å²) in [4.78, 5) is 9.49. The molecule has 1 unspecified atom stereocenters. The van der Waals surface area contributed by atoms with Crippen molar-refractivity contribution in [3.8, 4) is 11.5 Å². The second kappa shape index (κ2) is 14.1. The average molecular weight is 564 g/mol. The molecule has 1 aromatic carbocycles. The van der Waals surface area contributed by atoms with Crippen LogP contribution in [0, 0.1) is 0 Å². The smallest absolute Gasteiger partial charge is 0.191 e. The first kappa shape index (κ1) is 28.7. The molecule has 0 amide bonds. The number of hydrogen-bond donors (Lipinski definition) is 2. The lowest BCUT2D eigenvalue weighted by Crippen LogP contribution is -2.47. The van der Waals surface area contributed by atoms with Gasteiger partial charge in [0.25, 0.3) is 0 Å². The second-order valence-electron chi connectivity index (χ2n) is 8.56. The third-order valence-electron chi connectivity index (χ3n) is 5.92. The van der Waals surface area contributed by atoms with E-state index in [0.717, 1.165) is 56.9 Å². The first-order chi connectivity index (χ1) is 14.8. The Morgan fingerprint density at radius 3 is 2.38 bits per heavy atom. The van der Waals surface area contributed by atoms with Crippen LogP contribution in [0.1, 0.15) is 32.4 Å². The van der Waals surface area contributed by atoms with E-state index in [2.05, 4.69) is 67.4 Å². The van der Waals surface area contributed by atoms with Crippen LogP contribution in [0.25, 0.3) is 0 Å². The number of benzene rings is 1. The Morgan fingerprint density at radius 1 is 1.16 bits per heavy atom. The molecule has 0 aliphatic carbocycles. The predicted octanol–water partition coefficient (Wildman–Crippen LogP) is 2.59. The molecule has 2 rings (SSSR count). The van der Waals surface area contributed by atoms with E-state index in [1.165, 1.54) is 5.56 Å². The van der Waals surface area contributed by atoms with Gasteiger partial charge in [0.2, 0.25) is 0 Å². The monoisotopic (exact) mass is 563 g/mol. The van der Waals surface area contributed by atoms with Crippen molar-refractivity contribution in [1.82, 2.24) is 20.4 Å². The topological polar surface area (TPSA) is 70.6 Å². The number of rotatable bonds is 10. The maximum absolute atomic E-state index is 5.58. The molecular formula is C23H42IN5O3. The molecule has 1 aromatic rings. The summed E-state index contributed by atoms with van der Waals surface area (Å²) in [6, 6.07) is 6.32. The molecule has 1 fully saturated rings. The fourth-order valence-electron chi connectivity index (χ4n) is 3.36. The van der Waals surface area contributed by atoms with Gasteiger partial charge in [0, 0.05) is 31.7 Å². The number of halogens is 1. The lowest BCUT2D eigenvalue weighted by Gasteiger charge is -2.35. The molecule has 0 aromatic heterocycles. The van der Waals surface area contributed by atoms with E-state index in [0.29, 0.717) is 6.54 Å². The molecule has 1 saturated heterocycles. The summed E-state index contributed by atoms with van der Waals surface area (Å²) in [6.45, 7) is 12.0. The molecule has 184 valence electrons. The summed E-state index contributed by atoms with van der Waals surface area (Å²) < 4.78 is 16.6. The molecule has 1 aliphatic rings. The molecule has 1 aliphatic heterocycles. The van der Waals surface area contributed by atoms with E-state index in [9.17, 15) is 0 Å². The summed E-state index contributed by atoms with van der Waals surface area (Å²) in [5.41, 5.74) is 1.16. The summed E-state index contributed by atoms with van der Waals surface area (Å²) in [6.07, 6.45) is 0. The van der Waals surface area contributed by atoms with Gasteiger partial charge in [-0.25, -0.2) is 0 Å². The molecule has 9 heteroatoms. The third kappa shape index (κ3) is 8.24.